The lowest BCUT2D eigenvalue weighted by molar-refractivity contribution is 0.0673. The molecule has 1 heterocycles. The van der Waals surface area contributed by atoms with E-state index in [0.717, 1.165) is 21.3 Å². The van der Waals surface area contributed by atoms with Crippen molar-refractivity contribution in [1.29, 1.82) is 0 Å². The standard InChI is InChI=1S/C10H12BrNO2/c1-5-2-6-9(12)8(13)4-14-10(6)7(11)3-5/h2-3,8-9,13H,4,12H2,1H3. The zero-order valence-electron chi connectivity index (χ0n) is 7.83. The van der Waals surface area contributed by atoms with Gasteiger partial charge in [0.1, 0.15) is 18.5 Å². The molecule has 0 fully saturated rings. The third-order valence-corrected chi connectivity index (χ3v) is 2.98. The summed E-state index contributed by atoms with van der Waals surface area (Å²) < 4.78 is 6.31. The molecule has 1 aliphatic rings. The Balaban J connectivity index is 2.54. The second kappa shape index (κ2) is 3.53. The Hall–Kier alpha value is -0.580. The molecule has 4 heteroatoms. The minimum absolute atomic E-state index is 0.260. The number of aliphatic hydroxyl groups excluding tert-OH is 1. The van der Waals surface area contributed by atoms with Crippen molar-refractivity contribution < 1.29 is 9.84 Å². The number of nitrogens with two attached hydrogens (primary N) is 1. The third-order valence-electron chi connectivity index (χ3n) is 2.39. The molecule has 2 rings (SSSR count). The number of hydrogen-bond donors (Lipinski definition) is 2. The second-order valence-corrected chi connectivity index (χ2v) is 4.42. The first-order valence-electron chi connectivity index (χ1n) is 4.46. The molecule has 0 saturated carbocycles. The summed E-state index contributed by atoms with van der Waals surface area (Å²) in [7, 11) is 0. The van der Waals surface area contributed by atoms with Crippen LogP contribution in [0.25, 0.3) is 0 Å². The van der Waals surface area contributed by atoms with Crippen LogP contribution < -0.4 is 10.5 Å². The Kier molecular flexibility index (Phi) is 2.51. The molecule has 0 bridgehead atoms. The van der Waals surface area contributed by atoms with Crippen molar-refractivity contribution in [2.75, 3.05) is 6.61 Å². The Morgan fingerprint density at radius 3 is 3.00 bits per heavy atom. The normalized spacial score (nSPS) is 25.4. The Bertz CT molecular complexity index is 367. The van der Waals surface area contributed by atoms with Crippen LogP contribution >= 0.6 is 15.9 Å². The highest BCUT2D eigenvalue weighted by Gasteiger charge is 2.27. The fourth-order valence-electron chi connectivity index (χ4n) is 1.64. The lowest BCUT2D eigenvalue weighted by Crippen LogP contribution is -2.35. The van der Waals surface area contributed by atoms with Gasteiger partial charge in [0.05, 0.1) is 10.5 Å². The number of hydrogen-bond acceptors (Lipinski definition) is 3. The predicted octanol–water partition coefficient (Wildman–Crippen LogP) is 1.51. The topological polar surface area (TPSA) is 55.5 Å². The molecule has 14 heavy (non-hydrogen) atoms. The van der Waals surface area contributed by atoms with E-state index in [4.69, 9.17) is 10.5 Å². The van der Waals surface area contributed by atoms with Gasteiger partial charge in [0, 0.05) is 5.56 Å². The molecule has 1 aliphatic heterocycles. The van der Waals surface area contributed by atoms with Crippen molar-refractivity contribution in [1.82, 2.24) is 0 Å². The summed E-state index contributed by atoms with van der Waals surface area (Å²) in [6.07, 6.45) is -0.615. The molecule has 2 atom stereocenters. The molecule has 0 aliphatic carbocycles. The maximum absolute atomic E-state index is 9.54. The quantitative estimate of drug-likeness (QED) is 0.741. The molecule has 0 amide bonds. The van der Waals surface area contributed by atoms with Crippen molar-refractivity contribution in [3.05, 3.63) is 27.7 Å². The van der Waals surface area contributed by atoms with E-state index < -0.39 is 6.10 Å². The number of aryl methyl sites for hydroxylation is 1. The van der Waals surface area contributed by atoms with Crippen LogP contribution in [-0.2, 0) is 0 Å². The molecule has 0 spiro atoms. The average molecular weight is 258 g/mol. The number of aliphatic hydroxyl groups is 1. The van der Waals surface area contributed by atoms with Gasteiger partial charge in [-0.1, -0.05) is 6.07 Å². The monoisotopic (exact) mass is 257 g/mol. The number of rotatable bonds is 0. The van der Waals surface area contributed by atoms with Crippen LogP contribution in [0.3, 0.4) is 0 Å². The highest BCUT2D eigenvalue weighted by atomic mass is 79.9. The van der Waals surface area contributed by atoms with Crippen LogP contribution in [0, 0.1) is 6.92 Å². The van der Waals surface area contributed by atoms with Gasteiger partial charge in [0.25, 0.3) is 0 Å². The van der Waals surface area contributed by atoms with Gasteiger partial charge in [-0.05, 0) is 34.5 Å². The fraction of sp³-hybridized carbons (Fsp3) is 0.400. The molecule has 3 N–H and O–H groups in total. The van der Waals surface area contributed by atoms with Crippen molar-refractivity contribution in [3.63, 3.8) is 0 Å². The SMILES string of the molecule is Cc1cc(Br)c2c(c1)C(N)C(O)CO2. The first-order valence-corrected chi connectivity index (χ1v) is 5.25. The van der Waals surface area contributed by atoms with Crippen molar-refractivity contribution in [2.24, 2.45) is 5.73 Å². The Morgan fingerprint density at radius 2 is 2.29 bits per heavy atom. The molecule has 0 aromatic heterocycles. The highest BCUT2D eigenvalue weighted by Crippen LogP contribution is 2.37. The molecule has 76 valence electrons. The van der Waals surface area contributed by atoms with Gasteiger partial charge in [-0.3, -0.25) is 0 Å². The highest BCUT2D eigenvalue weighted by molar-refractivity contribution is 9.10. The van der Waals surface area contributed by atoms with Crippen LogP contribution in [0.5, 0.6) is 5.75 Å². The summed E-state index contributed by atoms with van der Waals surface area (Å²) in [5, 5.41) is 9.54. The van der Waals surface area contributed by atoms with E-state index in [1.165, 1.54) is 0 Å². The van der Waals surface area contributed by atoms with E-state index >= 15 is 0 Å². The Morgan fingerprint density at radius 1 is 1.57 bits per heavy atom. The van der Waals surface area contributed by atoms with Gasteiger partial charge in [-0.2, -0.15) is 0 Å². The summed E-state index contributed by atoms with van der Waals surface area (Å²) in [5.41, 5.74) is 7.85. The summed E-state index contributed by atoms with van der Waals surface area (Å²) >= 11 is 3.42. The lowest BCUT2D eigenvalue weighted by Gasteiger charge is -2.28. The molecule has 3 nitrogen and oxygen atoms in total. The Labute approximate surface area is 91.0 Å². The largest absolute Gasteiger partial charge is 0.489 e. The zero-order valence-corrected chi connectivity index (χ0v) is 9.41. The zero-order chi connectivity index (χ0) is 10.3. The maximum atomic E-state index is 9.54. The predicted molar refractivity (Wildman–Crippen MR) is 57.3 cm³/mol. The molecule has 2 unspecified atom stereocenters. The van der Waals surface area contributed by atoms with Crippen LogP contribution in [0.1, 0.15) is 17.2 Å². The number of benzene rings is 1. The summed E-state index contributed by atoms with van der Waals surface area (Å²) in [5.74, 6) is 0.758. The number of fused-ring (bicyclic) bond motifs is 1. The van der Waals surface area contributed by atoms with Crippen LogP contribution in [0.4, 0.5) is 0 Å². The first kappa shape index (κ1) is 9.96. The number of ether oxygens (including phenoxy) is 1. The van der Waals surface area contributed by atoms with Crippen LogP contribution in [0.2, 0.25) is 0 Å². The van der Waals surface area contributed by atoms with E-state index in [0.29, 0.717) is 0 Å². The summed E-state index contributed by atoms with van der Waals surface area (Å²) in [4.78, 5) is 0. The first-order chi connectivity index (χ1) is 6.59. The number of halogens is 1. The van der Waals surface area contributed by atoms with Gasteiger partial charge < -0.3 is 15.6 Å². The van der Waals surface area contributed by atoms with Crippen LogP contribution in [-0.4, -0.2) is 17.8 Å². The van der Waals surface area contributed by atoms with E-state index in [1.54, 1.807) is 0 Å². The van der Waals surface area contributed by atoms with E-state index in [-0.39, 0.29) is 12.6 Å². The summed E-state index contributed by atoms with van der Waals surface area (Å²) in [6, 6.07) is 3.58. The second-order valence-electron chi connectivity index (χ2n) is 3.57. The summed E-state index contributed by atoms with van der Waals surface area (Å²) in [6.45, 7) is 2.24. The molecule has 0 saturated heterocycles. The van der Waals surface area contributed by atoms with Gasteiger partial charge in [0.2, 0.25) is 0 Å². The average Bonchev–Trinajstić information content (AvgIpc) is 2.12. The third kappa shape index (κ3) is 1.54. The van der Waals surface area contributed by atoms with Gasteiger partial charge in [-0.25, -0.2) is 0 Å². The lowest BCUT2D eigenvalue weighted by atomic mass is 9.97. The van der Waals surface area contributed by atoms with Gasteiger partial charge in [-0.15, -0.1) is 0 Å². The molecular weight excluding hydrogens is 246 g/mol. The van der Waals surface area contributed by atoms with Crippen molar-refractivity contribution in [3.8, 4) is 5.75 Å². The van der Waals surface area contributed by atoms with Gasteiger partial charge in [0.15, 0.2) is 0 Å². The van der Waals surface area contributed by atoms with Crippen molar-refractivity contribution >= 4 is 15.9 Å². The molecule has 1 aromatic rings. The molecule has 0 radical (unpaired) electrons. The van der Waals surface area contributed by atoms with E-state index in [9.17, 15) is 5.11 Å². The molecule has 1 aromatic carbocycles. The fourth-order valence-corrected chi connectivity index (χ4v) is 2.34. The molecular formula is C10H12BrNO2. The minimum Gasteiger partial charge on any atom is -0.489 e. The maximum Gasteiger partial charge on any atom is 0.138 e. The van der Waals surface area contributed by atoms with Crippen LogP contribution in [0.15, 0.2) is 16.6 Å². The van der Waals surface area contributed by atoms with Crippen molar-refractivity contribution in [2.45, 2.75) is 19.1 Å². The smallest absolute Gasteiger partial charge is 0.138 e. The van der Waals surface area contributed by atoms with E-state index in [2.05, 4.69) is 15.9 Å². The van der Waals surface area contributed by atoms with Gasteiger partial charge >= 0.3 is 0 Å². The van der Waals surface area contributed by atoms with E-state index in [1.807, 2.05) is 19.1 Å². The minimum atomic E-state index is -0.615.